The first-order valence-corrected chi connectivity index (χ1v) is 7.29. The van der Waals surface area contributed by atoms with Crippen LogP contribution in [0.5, 0.6) is 0 Å². The Morgan fingerprint density at radius 3 is 2.19 bits per heavy atom. The van der Waals surface area contributed by atoms with Crippen molar-refractivity contribution in [2.24, 2.45) is 0 Å². The van der Waals surface area contributed by atoms with E-state index in [1.165, 1.54) is 0 Å². The standard InChI is InChI=1S/C18H22N2O/c1-13(2)16-11-7-8-12-17(16)20-18(21)19-14(3)15-9-5-4-6-10-15/h4-14H,1-3H3,(H2,19,20,21)/t14-/m0/s1. The molecule has 0 aromatic heterocycles. The van der Waals surface area contributed by atoms with Gasteiger partial charge in [0.25, 0.3) is 0 Å². The Bertz CT molecular complexity index is 593. The summed E-state index contributed by atoms with van der Waals surface area (Å²) in [5.41, 5.74) is 3.09. The number of rotatable bonds is 4. The number of carbonyl (C=O) groups excluding carboxylic acids is 1. The lowest BCUT2D eigenvalue weighted by atomic mass is 10.0. The molecule has 0 saturated carbocycles. The van der Waals surface area contributed by atoms with Crippen LogP contribution >= 0.6 is 0 Å². The van der Waals surface area contributed by atoms with E-state index in [4.69, 9.17) is 0 Å². The van der Waals surface area contributed by atoms with Crippen molar-refractivity contribution in [1.82, 2.24) is 5.32 Å². The van der Waals surface area contributed by atoms with Crippen molar-refractivity contribution in [2.45, 2.75) is 32.7 Å². The molecule has 0 heterocycles. The minimum atomic E-state index is -0.181. The van der Waals surface area contributed by atoms with Crippen LogP contribution in [0.25, 0.3) is 0 Å². The zero-order chi connectivity index (χ0) is 15.2. The van der Waals surface area contributed by atoms with E-state index in [-0.39, 0.29) is 12.1 Å². The van der Waals surface area contributed by atoms with Gasteiger partial charge in [-0.3, -0.25) is 0 Å². The molecule has 2 N–H and O–H groups in total. The summed E-state index contributed by atoms with van der Waals surface area (Å²) in [6.45, 7) is 6.21. The number of urea groups is 1. The zero-order valence-corrected chi connectivity index (χ0v) is 12.8. The summed E-state index contributed by atoms with van der Waals surface area (Å²) in [4.78, 5) is 12.1. The third-order valence-electron chi connectivity index (χ3n) is 3.48. The lowest BCUT2D eigenvalue weighted by Crippen LogP contribution is -2.31. The van der Waals surface area contributed by atoms with Crippen LogP contribution in [0, 0.1) is 0 Å². The molecule has 1 atom stereocenters. The second-order valence-corrected chi connectivity index (χ2v) is 5.47. The summed E-state index contributed by atoms with van der Waals surface area (Å²) in [6.07, 6.45) is 0. The maximum Gasteiger partial charge on any atom is 0.319 e. The van der Waals surface area contributed by atoms with Crippen LogP contribution in [0.1, 0.15) is 43.9 Å². The molecule has 2 amide bonds. The highest BCUT2D eigenvalue weighted by atomic mass is 16.2. The molecule has 0 aliphatic carbocycles. The predicted molar refractivity (Wildman–Crippen MR) is 87.5 cm³/mol. The number of anilines is 1. The minimum Gasteiger partial charge on any atom is -0.331 e. The molecule has 3 nitrogen and oxygen atoms in total. The highest BCUT2D eigenvalue weighted by Gasteiger charge is 2.11. The Labute approximate surface area is 126 Å². The van der Waals surface area contributed by atoms with Gasteiger partial charge in [0.05, 0.1) is 6.04 Å². The molecule has 0 aliphatic heterocycles. The summed E-state index contributed by atoms with van der Waals surface area (Å²) < 4.78 is 0. The van der Waals surface area contributed by atoms with Crippen molar-refractivity contribution < 1.29 is 4.79 Å². The fourth-order valence-electron chi connectivity index (χ4n) is 2.29. The first kappa shape index (κ1) is 15.1. The molecular formula is C18H22N2O. The largest absolute Gasteiger partial charge is 0.331 e. The molecule has 2 aromatic rings. The van der Waals surface area contributed by atoms with Crippen molar-refractivity contribution in [1.29, 1.82) is 0 Å². The molecule has 0 aliphatic rings. The van der Waals surface area contributed by atoms with E-state index in [1.54, 1.807) is 0 Å². The van der Waals surface area contributed by atoms with Gasteiger partial charge in [0.2, 0.25) is 0 Å². The first-order chi connectivity index (χ1) is 10.1. The quantitative estimate of drug-likeness (QED) is 0.839. The van der Waals surface area contributed by atoms with E-state index in [0.717, 1.165) is 16.8 Å². The molecule has 0 radical (unpaired) electrons. The predicted octanol–water partition coefficient (Wildman–Crippen LogP) is 4.69. The van der Waals surface area contributed by atoms with Crippen LogP contribution in [-0.4, -0.2) is 6.03 Å². The normalized spacial score (nSPS) is 12.0. The number of carbonyl (C=O) groups is 1. The molecule has 0 bridgehead atoms. The van der Waals surface area contributed by atoms with Crippen molar-refractivity contribution in [2.75, 3.05) is 5.32 Å². The Kier molecular flexibility index (Phi) is 4.99. The van der Waals surface area contributed by atoms with Gasteiger partial charge in [-0.25, -0.2) is 4.79 Å². The van der Waals surface area contributed by atoms with Crippen LogP contribution < -0.4 is 10.6 Å². The molecular weight excluding hydrogens is 260 g/mol. The molecule has 110 valence electrons. The number of para-hydroxylation sites is 1. The van der Waals surface area contributed by atoms with Crippen molar-refractivity contribution in [3.8, 4) is 0 Å². The van der Waals surface area contributed by atoms with Gasteiger partial charge in [-0.15, -0.1) is 0 Å². The third kappa shape index (κ3) is 4.09. The Morgan fingerprint density at radius 1 is 0.905 bits per heavy atom. The maximum absolute atomic E-state index is 12.1. The number of nitrogens with one attached hydrogen (secondary N) is 2. The molecule has 2 aromatic carbocycles. The average molecular weight is 282 g/mol. The van der Waals surface area contributed by atoms with Gasteiger partial charge in [-0.1, -0.05) is 62.4 Å². The monoisotopic (exact) mass is 282 g/mol. The fraction of sp³-hybridized carbons (Fsp3) is 0.278. The van der Waals surface area contributed by atoms with Gasteiger partial charge >= 0.3 is 6.03 Å². The fourth-order valence-corrected chi connectivity index (χ4v) is 2.29. The van der Waals surface area contributed by atoms with Gasteiger partial charge in [-0.05, 0) is 30.0 Å². The van der Waals surface area contributed by atoms with Crippen molar-refractivity contribution in [3.63, 3.8) is 0 Å². The maximum atomic E-state index is 12.1. The summed E-state index contributed by atoms with van der Waals surface area (Å²) in [6, 6.07) is 17.6. The van der Waals surface area contributed by atoms with E-state index in [0.29, 0.717) is 5.92 Å². The zero-order valence-electron chi connectivity index (χ0n) is 12.8. The smallest absolute Gasteiger partial charge is 0.319 e. The third-order valence-corrected chi connectivity index (χ3v) is 3.48. The van der Waals surface area contributed by atoms with Crippen LogP contribution in [0.2, 0.25) is 0 Å². The molecule has 3 heteroatoms. The summed E-state index contributed by atoms with van der Waals surface area (Å²) in [5.74, 6) is 0.369. The molecule has 0 fully saturated rings. The van der Waals surface area contributed by atoms with Gasteiger partial charge in [0, 0.05) is 5.69 Å². The van der Waals surface area contributed by atoms with Gasteiger partial charge in [0.15, 0.2) is 0 Å². The highest BCUT2D eigenvalue weighted by molar-refractivity contribution is 5.90. The van der Waals surface area contributed by atoms with Crippen LogP contribution in [-0.2, 0) is 0 Å². The number of benzene rings is 2. The van der Waals surface area contributed by atoms with Gasteiger partial charge in [0.1, 0.15) is 0 Å². The van der Waals surface area contributed by atoms with Crippen LogP contribution in [0.4, 0.5) is 10.5 Å². The second-order valence-electron chi connectivity index (χ2n) is 5.47. The molecule has 0 spiro atoms. The van der Waals surface area contributed by atoms with E-state index in [9.17, 15) is 4.79 Å². The molecule has 2 rings (SSSR count). The number of hydrogen-bond acceptors (Lipinski definition) is 1. The summed E-state index contributed by atoms with van der Waals surface area (Å²) in [5, 5.41) is 5.90. The SMILES string of the molecule is CC(C)c1ccccc1NC(=O)N[C@@H](C)c1ccccc1. The van der Waals surface area contributed by atoms with E-state index in [2.05, 4.69) is 24.5 Å². The summed E-state index contributed by atoms with van der Waals surface area (Å²) >= 11 is 0. The van der Waals surface area contributed by atoms with Crippen molar-refractivity contribution >= 4 is 11.7 Å². The average Bonchev–Trinajstić information content (AvgIpc) is 2.48. The van der Waals surface area contributed by atoms with Crippen LogP contribution in [0.3, 0.4) is 0 Å². The van der Waals surface area contributed by atoms with Gasteiger partial charge < -0.3 is 10.6 Å². The Hall–Kier alpha value is -2.29. The Balaban J connectivity index is 2.02. The summed E-state index contributed by atoms with van der Waals surface area (Å²) in [7, 11) is 0. The Morgan fingerprint density at radius 2 is 1.52 bits per heavy atom. The molecule has 21 heavy (non-hydrogen) atoms. The molecule has 0 saturated heterocycles. The van der Waals surface area contributed by atoms with E-state index < -0.39 is 0 Å². The lowest BCUT2D eigenvalue weighted by molar-refractivity contribution is 0.249. The molecule has 0 unspecified atom stereocenters. The minimum absolute atomic E-state index is 0.0302. The van der Waals surface area contributed by atoms with Crippen LogP contribution in [0.15, 0.2) is 54.6 Å². The number of amides is 2. The van der Waals surface area contributed by atoms with Gasteiger partial charge in [-0.2, -0.15) is 0 Å². The van der Waals surface area contributed by atoms with Crippen molar-refractivity contribution in [3.05, 3.63) is 65.7 Å². The van der Waals surface area contributed by atoms with E-state index in [1.807, 2.05) is 61.5 Å². The first-order valence-electron chi connectivity index (χ1n) is 7.29. The van der Waals surface area contributed by atoms with E-state index >= 15 is 0 Å². The number of hydrogen-bond donors (Lipinski definition) is 2. The highest BCUT2D eigenvalue weighted by Crippen LogP contribution is 2.23. The topological polar surface area (TPSA) is 41.1 Å². The second kappa shape index (κ2) is 6.93. The lowest BCUT2D eigenvalue weighted by Gasteiger charge is -2.17.